The molecule has 1 fully saturated rings. The average Bonchev–Trinajstić information content (AvgIpc) is 3.06. The predicted molar refractivity (Wildman–Crippen MR) is 127 cm³/mol. The number of aryl methyl sites for hydroxylation is 1. The monoisotopic (exact) mass is 462 g/mol. The van der Waals surface area contributed by atoms with Crippen molar-refractivity contribution in [2.75, 3.05) is 4.90 Å². The normalized spacial score (nSPS) is 17.6. The van der Waals surface area contributed by atoms with Gasteiger partial charge in [-0.3, -0.25) is 19.5 Å². The van der Waals surface area contributed by atoms with Crippen LogP contribution in [0.1, 0.15) is 36.7 Å². The molecule has 0 saturated carbocycles. The van der Waals surface area contributed by atoms with E-state index in [9.17, 15) is 14.7 Å². The number of carbonyl (C=O) groups is 2. The van der Waals surface area contributed by atoms with Crippen molar-refractivity contribution in [1.29, 1.82) is 0 Å². The van der Waals surface area contributed by atoms with E-state index in [1.54, 1.807) is 66.9 Å². The number of aromatic nitrogens is 1. The molecule has 1 atom stereocenters. The van der Waals surface area contributed by atoms with Gasteiger partial charge in [-0.25, -0.2) is 0 Å². The first-order valence-electron chi connectivity index (χ1n) is 10.5. The van der Waals surface area contributed by atoms with Crippen LogP contribution in [0.2, 0.25) is 5.02 Å². The van der Waals surface area contributed by atoms with Crippen molar-refractivity contribution in [3.05, 3.63) is 94.3 Å². The number of halogens is 1. The Bertz CT molecular complexity index is 1240. The number of hydrogen-bond donors (Lipinski definition) is 1. The van der Waals surface area contributed by atoms with Crippen LogP contribution in [-0.4, -0.2) is 27.9 Å². The highest BCUT2D eigenvalue weighted by Crippen LogP contribution is 2.42. The first-order valence-corrected chi connectivity index (χ1v) is 10.9. The largest absolute Gasteiger partial charge is 0.507 e. The molecule has 3 aromatic rings. The standard InChI is InChI=1S/C26H23ClN2O4/c1-15(2)33-19-11-8-17(9-12-19)24(30)22-23(21-6-4-5-13-28-21)29(26(32)25(22)31)18-10-7-16(3)20(27)14-18/h4-15,23,30H,1-3H3/b24-22+. The lowest BCUT2D eigenvalue weighted by molar-refractivity contribution is -0.132. The van der Waals surface area contributed by atoms with Crippen molar-refractivity contribution in [2.24, 2.45) is 0 Å². The summed E-state index contributed by atoms with van der Waals surface area (Å²) in [4.78, 5) is 32.0. The van der Waals surface area contributed by atoms with E-state index < -0.39 is 17.7 Å². The van der Waals surface area contributed by atoms with Gasteiger partial charge in [0, 0.05) is 22.5 Å². The van der Waals surface area contributed by atoms with Crippen LogP contribution >= 0.6 is 11.6 Å². The van der Waals surface area contributed by atoms with Crippen molar-refractivity contribution in [3.8, 4) is 5.75 Å². The lowest BCUT2D eigenvalue weighted by Crippen LogP contribution is -2.29. The van der Waals surface area contributed by atoms with Gasteiger partial charge in [0.05, 0.1) is 17.4 Å². The molecule has 33 heavy (non-hydrogen) atoms. The zero-order valence-corrected chi connectivity index (χ0v) is 19.2. The molecule has 1 aromatic heterocycles. The van der Waals surface area contributed by atoms with Gasteiger partial charge >= 0.3 is 0 Å². The summed E-state index contributed by atoms with van der Waals surface area (Å²) in [6.07, 6.45) is 1.58. The Balaban J connectivity index is 1.86. The fraction of sp³-hybridized carbons (Fsp3) is 0.192. The SMILES string of the molecule is Cc1ccc(N2C(=O)C(=O)/C(=C(/O)c3ccc(OC(C)C)cc3)C2c2ccccn2)cc1Cl. The number of nitrogens with zero attached hydrogens (tertiary/aromatic N) is 2. The van der Waals surface area contributed by atoms with E-state index in [-0.39, 0.29) is 17.4 Å². The molecule has 2 heterocycles. The summed E-state index contributed by atoms with van der Waals surface area (Å²) in [7, 11) is 0. The van der Waals surface area contributed by atoms with Crippen LogP contribution in [-0.2, 0) is 9.59 Å². The van der Waals surface area contributed by atoms with Crippen LogP contribution in [0, 0.1) is 6.92 Å². The fourth-order valence-corrected chi connectivity index (χ4v) is 3.94. The molecule has 0 radical (unpaired) electrons. The summed E-state index contributed by atoms with van der Waals surface area (Å²) in [5.74, 6) is -1.19. The third kappa shape index (κ3) is 4.34. The van der Waals surface area contributed by atoms with Crippen molar-refractivity contribution >= 4 is 34.7 Å². The fourth-order valence-electron chi connectivity index (χ4n) is 3.77. The molecule has 1 amide bonds. The molecule has 6 nitrogen and oxygen atoms in total. The van der Waals surface area contributed by atoms with Gasteiger partial charge in [0.15, 0.2) is 0 Å². The quantitative estimate of drug-likeness (QED) is 0.309. The number of Topliss-reactive ketones (excluding diaryl/α,β-unsaturated/α-hetero) is 1. The third-order valence-electron chi connectivity index (χ3n) is 5.35. The minimum Gasteiger partial charge on any atom is -0.507 e. The van der Waals surface area contributed by atoms with Gasteiger partial charge in [-0.1, -0.05) is 23.7 Å². The van der Waals surface area contributed by atoms with Crippen LogP contribution in [0.4, 0.5) is 5.69 Å². The van der Waals surface area contributed by atoms with E-state index >= 15 is 0 Å². The summed E-state index contributed by atoms with van der Waals surface area (Å²) >= 11 is 6.30. The molecule has 1 unspecified atom stereocenters. The number of benzene rings is 2. The van der Waals surface area contributed by atoms with Crippen LogP contribution in [0.15, 0.2) is 72.4 Å². The minimum absolute atomic E-state index is 0.000240. The highest BCUT2D eigenvalue weighted by atomic mass is 35.5. The molecule has 0 bridgehead atoms. The molecule has 1 aliphatic rings. The van der Waals surface area contributed by atoms with E-state index in [0.717, 1.165) is 5.56 Å². The maximum atomic E-state index is 13.2. The van der Waals surface area contributed by atoms with Gasteiger partial charge in [0.2, 0.25) is 0 Å². The number of rotatable bonds is 5. The number of carbonyl (C=O) groups excluding carboxylic acids is 2. The highest BCUT2D eigenvalue weighted by Gasteiger charge is 2.47. The molecule has 0 aliphatic carbocycles. The molecule has 0 spiro atoms. The number of pyridine rings is 1. The van der Waals surface area contributed by atoms with E-state index in [4.69, 9.17) is 16.3 Å². The van der Waals surface area contributed by atoms with Gasteiger partial charge in [-0.15, -0.1) is 0 Å². The molecular weight excluding hydrogens is 440 g/mol. The minimum atomic E-state index is -0.906. The number of aliphatic hydroxyl groups excluding tert-OH is 1. The first kappa shape index (κ1) is 22.6. The van der Waals surface area contributed by atoms with E-state index in [2.05, 4.69) is 4.98 Å². The summed E-state index contributed by atoms with van der Waals surface area (Å²) in [5.41, 5.74) is 2.10. The second-order valence-corrected chi connectivity index (χ2v) is 8.46. The molecule has 4 rings (SSSR count). The predicted octanol–water partition coefficient (Wildman–Crippen LogP) is 5.46. The van der Waals surface area contributed by atoms with Crippen molar-refractivity contribution < 1.29 is 19.4 Å². The molecule has 7 heteroatoms. The summed E-state index contributed by atoms with van der Waals surface area (Å²) in [6, 6.07) is 16.2. The molecule has 168 valence electrons. The van der Waals surface area contributed by atoms with Gasteiger partial charge in [0.1, 0.15) is 17.6 Å². The van der Waals surface area contributed by atoms with Gasteiger partial charge in [-0.2, -0.15) is 0 Å². The lowest BCUT2D eigenvalue weighted by Gasteiger charge is -2.25. The molecular formula is C26H23ClN2O4. The van der Waals surface area contributed by atoms with Gasteiger partial charge < -0.3 is 9.84 Å². The van der Waals surface area contributed by atoms with E-state index in [0.29, 0.717) is 27.7 Å². The Kier molecular flexibility index (Phi) is 6.20. The van der Waals surface area contributed by atoms with Crippen LogP contribution in [0.25, 0.3) is 5.76 Å². The summed E-state index contributed by atoms with van der Waals surface area (Å²) in [5, 5.41) is 11.6. The maximum absolute atomic E-state index is 13.2. The van der Waals surface area contributed by atoms with Gasteiger partial charge in [-0.05, 0) is 74.9 Å². The molecule has 1 N–H and O–H groups in total. The Labute approximate surface area is 197 Å². The van der Waals surface area contributed by atoms with Crippen molar-refractivity contribution in [3.63, 3.8) is 0 Å². The Morgan fingerprint density at radius 2 is 1.82 bits per heavy atom. The lowest BCUT2D eigenvalue weighted by atomic mass is 9.98. The topological polar surface area (TPSA) is 79.7 Å². The first-order chi connectivity index (χ1) is 15.8. The molecule has 2 aromatic carbocycles. The second kappa shape index (κ2) is 9.08. The van der Waals surface area contributed by atoms with Crippen molar-refractivity contribution in [1.82, 2.24) is 4.98 Å². The zero-order valence-electron chi connectivity index (χ0n) is 18.4. The Morgan fingerprint density at radius 1 is 1.09 bits per heavy atom. The maximum Gasteiger partial charge on any atom is 0.300 e. The van der Waals surface area contributed by atoms with Crippen LogP contribution < -0.4 is 9.64 Å². The number of hydrogen-bond acceptors (Lipinski definition) is 5. The number of anilines is 1. The van der Waals surface area contributed by atoms with E-state index in [1.807, 2.05) is 20.8 Å². The van der Waals surface area contributed by atoms with Crippen LogP contribution in [0.3, 0.4) is 0 Å². The molecule has 1 saturated heterocycles. The number of amides is 1. The zero-order chi connectivity index (χ0) is 23.7. The average molecular weight is 463 g/mol. The molecule has 1 aliphatic heterocycles. The van der Waals surface area contributed by atoms with E-state index in [1.165, 1.54) is 4.90 Å². The number of aliphatic hydroxyl groups is 1. The summed E-state index contributed by atoms with van der Waals surface area (Å²) < 4.78 is 5.65. The van der Waals surface area contributed by atoms with Gasteiger partial charge in [0.25, 0.3) is 11.7 Å². The Hall–Kier alpha value is -3.64. The third-order valence-corrected chi connectivity index (χ3v) is 5.75. The van der Waals surface area contributed by atoms with Crippen LogP contribution in [0.5, 0.6) is 5.75 Å². The second-order valence-electron chi connectivity index (χ2n) is 8.05. The number of ketones is 1. The number of ether oxygens (including phenoxy) is 1. The van der Waals surface area contributed by atoms with Crippen molar-refractivity contribution in [2.45, 2.75) is 32.9 Å². The highest BCUT2D eigenvalue weighted by molar-refractivity contribution is 6.51. The Morgan fingerprint density at radius 3 is 2.42 bits per heavy atom. The smallest absolute Gasteiger partial charge is 0.300 e. The summed E-state index contributed by atoms with van der Waals surface area (Å²) in [6.45, 7) is 5.68.